The van der Waals surface area contributed by atoms with Gasteiger partial charge >= 0.3 is 0 Å². The maximum atomic E-state index is 6.04. The number of rotatable bonds is 5. The fourth-order valence-electron chi connectivity index (χ4n) is 2.06. The molecule has 0 unspecified atom stereocenters. The standard InChI is InChI=1S/C19H20O3/c1-5-8-19(18-10-7-6-9-14(18)2)22-17-12-15(20-3)11-16(13-17)21-4/h5-13H,2H2,1,3-4H3/b8-5-,19-18+. The number of allylic oxidation sites excluding steroid dienone is 1. The molecule has 2 aromatic carbocycles. The van der Waals surface area contributed by atoms with E-state index in [1.165, 1.54) is 0 Å². The molecule has 0 amide bonds. The van der Waals surface area contributed by atoms with E-state index in [2.05, 4.69) is 6.58 Å². The van der Waals surface area contributed by atoms with Crippen LogP contribution in [-0.4, -0.2) is 14.2 Å². The van der Waals surface area contributed by atoms with Crippen molar-refractivity contribution >= 4 is 12.3 Å². The zero-order chi connectivity index (χ0) is 15.9. The molecule has 0 saturated carbocycles. The highest BCUT2D eigenvalue weighted by Crippen LogP contribution is 2.28. The Morgan fingerprint density at radius 1 is 0.955 bits per heavy atom. The average Bonchev–Trinajstić information content (AvgIpc) is 2.54. The first-order valence-corrected chi connectivity index (χ1v) is 7.00. The fraction of sp³-hybridized carbons (Fsp3) is 0.158. The lowest BCUT2D eigenvalue weighted by atomic mass is 10.2. The minimum absolute atomic E-state index is 0.646. The predicted molar refractivity (Wildman–Crippen MR) is 89.6 cm³/mol. The van der Waals surface area contributed by atoms with E-state index in [-0.39, 0.29) is 0 Å². The van der Waals surface area contributed by atoms with Crippen LogP contribution in [0.5, 0.6) is 17.2 Å². The Morgan fingerprint density at radius 2 is 1.55 bits per heavy atom. The summed E-state index contributed by atoms with van der Waals surface area (Å²) in [6.45, 7) is 5.99. The van der Waals surface area contributed by atoms with Gasteiger partial charge in [-0.05, 0) is 18.2 Å². The summed E-state index contributed by atoms with van der Waals surface area (Å²) in [5, 5.41) is 1.85. The Labute approximate surface area is 130 Å². The van der Waals surface area contributed by atoms with Crippen LogP contribution in [0.3, 0.4) is 0 Å². The SMILES string of the molecule is C=c1cccc/c1=C(/C=C\C)Oc1cc(OC)cc(OC)c1. The molecule has 0 radical (unpaired) electrons. The molecule has 0 saturated heterocycles. The van der Waals surface area contributed by atoms with Crippen molar-refractivity contribution in [3.63, 3.8) is 0 Å². The summed E-state index contributed by atoms with van der Waals surface area (Å²) in [6, 6.07) is 13.3. The van der Waals surface area contributed by atoms with Crippen LogP contribution in [0, 0.1) is 0 Å². The van der Waals surface area contributed by atoms with Crippen molar-refractivity contribution < 1.29 is 14.2 Å². The van der Waals surface area contributed by atoms with Gasteiger partial charge in [0.2, 0.25) is 0 Å². The van der Waals surface area contributed by atoms with Crippen LogP contribution in [0.4, 0.5) is 0 Å². The van der Waals surface area contributed by atoms with E-state index < -0.39 is 0 Å². The molecule has 114 valence electrons. The van der Waals surface area contributed by atoms with Crippen molar-refractivity contribution in [2.24, 2.45) is 0 Å². The molecule has 0 N–H and O–H groups in total. The van der Waals surface area contributed by atoms with Crippen molar-refractivity contribution in [1.82, 2.24) is 0 Å². The monoisotopic (exact) mass is 296 g/mol. The van der Waals surface area contributed by atoms with Gasteiger partial charge in [-0.2, -0.15) is 0 Å². The van der Waals surface area contributed by atoms with Gasteiger partial charge in [0.25, 0.3) is 0 Å². The predicted octanol–water partition coefficient (Wildman–Crippen LogP) is 2.88. The van der Waals surface area contributed by atoms with Crippen molar-refractivity contribution in [2.45, 2.75) is 6.92 Å². The fourth-order valence-corrected chi connectivity index (χ4v) is 2.06. The molecule has 0 aliphatic rings. The van der Waals surface area contributed by atoms with Crippen LogP contribution >= 0.6 is 0 Å². The maximum Gasteiger partial charge on any atom is 0.134 e. The molecular weight excluding hydrogens is 276 g/mol. The summed E-state index contributed by atoms with van der Waals surface area (Å²) in [6.07, 6.45) is 3.84. The molecule has 0 fully saturated rings. The summed E-state index contributed by atoms with van der Waals surface area (Å²) in [5.41, 5.74) is 0. The highest BCUT2D eigenvalue weighted by atomic mass is 16.5. The zero-order valence-electron chi connectivity index (χ0n) is 13.1. The molecule has 2 aromatic rings. The lowest BCUT2D eigenvalue weighted by Crippen LogP contribution is -2.26. The Kier molecular flexibility index (Phi) is 5.26. The van der Waals surface area contributed by atoms with E-state index in [0.717, 1.165) is 16.2 Å². The Hall–Kier alpha value is -2.68. The Bertz CT molecular complexity index is 753. The number of ether oxygens (including phenoxy) is 3. The minimum Gasteiger partial charge on any atom is -0.496 e. The second-order valence-corrected chi connectivity index (χ2v) is 4.67. The largest absolute Gasteiger partial charge is 0.496 e. The Balaban J connectivity index is 2.53. The van der Waals surface area contributed by atoms with Gasteiger partial charge in [0.05, 0.1) is 14.2 Å². The number of hydrogen-bond acceptors (Lipinski definition) is 3. The van der Waals surface area contributed by atoms with E-state index >= 15 is 0 Å². The van der Waals surface area contributed by atoms with Crippen LogP contribution in [0.2, 0.25) is 0 Å². The molecule has 0 aliphatic heterocycles. The van der Waals surface area contributed by atoms with Crippen LogP contribution < -0.4 is 24.6 Å². The third kappa shape index (κ3) is 3.70. The van der Waals surface area contributed by atoms with Crippen LogP contribution in [-0.2, 0) is 0 Å². The molecule has 3 nitrogen and oxygen atoms in total. The molecule has 3 heteroatoms. The summed E-state index contributed by atoms with van der Waals surface area (Å²) in [5.74, 6) is 2.73. The maximum absolute atomic E-state index is 6.04. The second kappa shape index (κ2) is 7.36. The normalized spacial score (nSPS) is 12.1. The summed E-state index contributed by atoms with van der Waals surface area (Å²) in [4.78, 5) is 0. The van der Waals surface area contributed by atoms with Gasteiger partial charge in [0.15, 0.2) is 0 Å². The first-order chi connectivity index (χ1) is 10.7. The molecule has 22 heavy (non-hydrogen) atoms. The highest BCUT2D eigenvalue weighted by molar-refractivity contribution is 5.55. The molecule has 2 rings (SSSR count). The smallest absolute Gasteiger partial charge is 0.134 e. The molecule has 0 spiro atoms. The third-order valence-corrected chi connectivity index (χ3v) is 3.15. The van der Waals surface area contributed by atoms with Crippen LogP contribution in [0.15, 0.2) is 54.6 Å². The van der Waals surface area contributed by atoms with Gasteiger partial charge in [0, 0.05) is 23.4 Å². The van der Waals surface area contributed by atoms with Crippen molar-refractivity contribution in [1.29, 1.82) is 0 Å². The van der Waals surface area contributed by atoms with Gasteiger partial charge in [-0.1, -0.05) is 36.9 Å². The highest BCUT2D eigenvalue weighted by Gasteiger charge is 2.05. The quantitative estimate of drug-likeness (QED) is 0.849. The van der Waals surface area contributed by atoms with E-state index in [4.69, 9.17) is 14.2 Å². The van der Waals surface area contributed by atoms with E-state index in [1.54, 1.807) is 20.3 Å². The van der Waals surface area contributed by atoms with Gasteiger partial charge in [-0.25, -0.2) is 0 Å². The number of benzene rings is 2. The third-order valence-electron chi connectivity index (χ3n) is 3.15. The first-order valence-electron chi connectivity index (χ1n) is 7.00. The number of hydrogen-bond donors (Lipinski definition) is 0. The molecule has 0 atom stereocenters. The van der Waals surface area contributed by atoms with E-state index in [0.29, 0.717) is 17.2 Å². The van der Waals surface area contributed by atoms with Gasteiger partial charge in [-0.15, -0.1) is 0 Å². The molecule has 0 bridgehead atoms. The molecule has 0 aliphatic carbocycles. The summed E-state index contributed by atoms with van der Waals surface area (Å²) < 4.78 is 16.6. The first kappa shape index (κ1) is 15.7. The van der Waals surface area contributed by atoms with Crippen molar-refractivity contribution in [2.75, 3.05) is 14.2 Å². The summed E-state index contributed by atoms with van der Waals surface area (Å²) >= 11 is 0. The van der Waals surface area contributed by atoms with E-state index in [9.17, 15) is 0 Å². The molecule has 0 heterocycles. The lowest BCUT2D eigenvalue weighted by Gasteiger charge is -2.11. The minimum atomic E-state index is 0.646. The second-order valence-electron chi connectivity index (χ2n) is 4.67. The lowest BCUT2D eigenvalue weighted by molar-refractivity contribution is 0.388. The zero-order valence-corrected chi connectivity index (χ0v) is 13.1. The van der Waals surface area contributed by atoms with Gasteiger partial charge in [0.1, 0.15) is 23.0 Å². The van der Waals surface area contributed by atoms with Crippen molar-refractivity contribution in [3.05, 3.63) is 65.1 Å². The summed E-state index contributed by atoms with van der Waals surface area (Å²) in [7, 11) is 3.22. The topological polar surface area (TPSA) is 27.7 Å². The van der Waals surface area contributed by atoms with E-state index in [1.807, 2.05) is 55.5 Å². The van der Waals surface area contributed by atoms with Gasteiger partial charge < -0.3 is 14.2 Å². The van der Waals surface area contributed by atoms with Gasteiger partial charge in [-0.3, -0.25) is 0 Å². The average molecular weight is 296 g/mol. The van der Waals surface area contributed by atoms with Crippen LogP contribution in [0.1, 0.15) is 6.92 Å². The molecule has 0 aromatic heterocycles. The Morgan fingerprint density at radius 3 is 2.09 bits per heavy atom. The number of methoxy groups -OCH3 is 2. The molecular formula is C19H20O3. The van der Waals surface area contributed by atoms with Crippen molar-refractivity contribution in [3.8, 4) is 17.2 Å². The van der Waals surface area contributed by atoms with Crippen LogP contribution in [0.25, 0.3) is 12.3 Å².